The zero-order valence-electron chi connectivity index (χ0n) is 8.31. The first-order chi connectivity index (χ1) is 7.70. The Morgan fingerprint density at radius 1 is 1.44 bits per heavy atom. The molecule has 0 aromatic carbocycles. The van der Waals surface area contributed by atoms with Crippen LogP contribution in [0.4, 0.5) is 4.39 Å². The fraction of sp³-hybridized carbons (Fsp3) is 0.100. The summed E-state index contributed by atoms with van der Waals surface area (Å²) >= 11 is 1.23. The van der Waals surface area contributed by atoms with E-state index in [-0.39, 0.29) is 0 Å². The Morgan fingerprint density at radius 2 is 2.12 bits per heavy atom. The number of esters is 1. The normalized spacial score (nSPS) is 10.1. The minimum atomic E-state index is -0.493. The van der Waals surface area contributed by atoms with Gasteiger partial charge in [-0.2, -0.15) is 0 Å². The first-order valence-corrected chi connectivity index (χ1v) is 5.23. The molecule has 4 nitrogen and oxygen atoms in total. The second-order valence-corrected chi connectivity index (χ2v) is 3.83. The fourth-order valence-corrected chi connectivity index (χ4v) is 1.92. The molecule has 0 bridgehead atoms. The zero-order valence-corrected chi connectivity index (χ0v) is 9.12. The lowest BCUT2D eigenvalue weighted by Gasteiger charge is -1.94. The first kappa shape index (κ1) is 10.7. The number of methoxy groups -OCH3 is 1. The van der Waals surface area contributed by atoms with Gasteiger partial charge in [0.25, 0.3) is 0 Å². The van der Waals surface area contributed by atoms with Gasteiger partial charge in [0.2, 0.25) is 0 Å². The Balaban J connectivity index is 2.31. The first-order valence-electron chi connectivity index (χ1n) is 4.35. The highest BCUT2D eigenvalue weighted by Crippen LogP contribution is 2.22. The smallest absolute Gasteiger partial charge is 0.348 e. The van der Waals surface area contributed by atoms with Gasteiger partial charge in [-0.3, -0.25) is 0 Å². The van der Waals surface area contributed by atoms with Gasteiger partial charge in [0, 0.05) is 10.9 Å². The van der Waals surface area contributed by atoms with Gasteiger partial charge in [0.1, 0.15) is 4.88 Å². The number of nitrogens with zero attached hydrogens (tertiary/aromatic N) is 2. The van der Waals surface area contributed by atoms with Crippen molar-refractivity contribution >= 4 is 17.3 Å². The van der Waals surface area contributed by atoms with Crippen LogP contribution in [0.3, 0.4) is 0 Å². The summed E-state index contributed by atoms with van der Waals surface area (Å²) in [6.07, 6.45) is 2.16. The molecule has 0 fully saturated rings. The van der Waals surface area contributed by atoms with Crippen molar-refractivity contribution in [3.63, 3.8) is 0 Å². The zero-order chi connectivity index (χ0) is 11.5. The topological polar surface area (TPSA) is 52.1 Å². The number of hydrogen-bond donors (Lipinski definition) is 0. The fourth-order valence-electron chi connectivity index (χ4n) is 1.12. The molecule has 6 heteroatoms. The summed E-state index contributed by atoms with van der Waals surface area (Å²) in [6, 6.07) is 1.61. The van der Waals surface area contributed by atoms with Crippen molar-refractivity contribution in [3.05, 3.63) is 34.5 Å². The van der Waals surface area contributed by atoms with Crippen LogP contribution in [0, 0.1) is 5.82 Å². The van der Waals surface area contributed by atoms with Gasteiger partial charge in [-0.15, -0.1) is 11.3 Å². The number of ether oxygens (including phenoxy) is 1. The van der Waals surface area contributed by atoms with E-state index < -0.39 is 11.8 Å². The maximum Gasteiger partial charge on any atom is 0.348 e. The molecule has 82 valence electrons. The van der Waals surface area contributed by atoms with Crippen LogP contribution in [0.5, 0.6) is 0 Å². The summed E-state index contributed by atoms with van der Waals surface area (Å²) in [7, 11) is 1.32. The molecule has 0 radical (unpaired) electrons. The van der Waals surface area contributed by atoms with Gasteiger partial charge in [-0.25, -0.2) is 19.2 Å². The Kier molecular flexibility index (Phi) is 2.91. The summed E-state index contributed by atoms with van der Waals surface area (Å²) in [6.45, 7) is 0. The van der Waals surface area contributed by atoms with E-state index in [4.69, 9.17) is 0 Å². The predicted octanol–water partition coefficient (Wildman–Crippen LogP) is 2.13. The van der Waals surface area contributed by atoms with Crippen LogP contribution in [0.15, 0.2) is 23.8 Å². The minimum Gasteiger partial charge on any atom is -0.465 e. The summed E-state index contributed by atoms with van der Waals surface area (Å²) in [5.74, 6) is -0.515. The van der Waals surface area contributed by atoms with Crippen molar-refractivity contribution in [3.8, 4) is 11.4 Å². The number of aromatic nitrogens is 2. The third-order valence-corrected chi connectivity index (χ3v) is 2.77. The SMILES string of the molecule is COC(=O)c1cc(-c2ncc(F)cn2)cs1. The Labute approximate surface area is 94.7 Å². The maximum atomic E-state index is 12.6. The molecule has 2 aromatic heterocycles. The molecular formula is C10H7FN2O2S. The second kappa shape index (κ2) is 4.36. The molecule has 0 aliphatic heterocycles. The van der Waals surface area contributed by atoms with Crippen LogP contribution in [0.2, 0.25) is 0 Å². The lowest BCUT2D eigenvalue weighted by Crippen LogP contribution is -1.97. The molecule has 0 amide bonds. The molecule has 0 spiro atoms. The monoisotopic (exact) mass is 238 g/mol. The van der Waals surface area contributed by atoms with Crippen LogP contribution >= 0.6 is 11.3 Å². The van der Waals surface area contributed by atoms with Crippen molar-refractivity contribution in [2.75, 3.05) is 7.11 Å². The Bertz CT molecular complexity index is 510. The standard InChI is InChI=1S/C10H7FN2O2S/c1-15-10(14)8-2-6(5-16-8)9-12-3-7(11)4-13-9/h2-5H,1H3. The molecular weight excluding hydrogens is 231 g/mol. The molecule has 0 aliphatic carbocycles. The molecule has 2 aromatic rings. The van der Waals surface area contributed by atoms with E-state index in [2.05, 4.69) is 14.7 Å². The van der Waals surface area contributed by atoms with Gasteiger partial charge in [-0.1, -0.05) is 0 Å². The molecule has 0 unspecified atom stereocenters. The average Bonchev–Trinajstić information content (AvgIpc) is 2.78. The number of carbonyl (C=O) groups is 1. The number of carbonyl (C=O) groups excluding carboxylic acids is 1. The largest absolute Gasteiger partial charge is 0.465 e. The highest BCUT2D eigenvalue weighted by Gasteiger charge is 2.11. The quantitative estimate of drug-likeness (QED) is 0.752. The van der Waals surface area contributed by atoms with Crippen molar-refractivity contribution in [1.82, 2.24) is 9.97 Å². The van der Waals surface area contributed by atoms with Crippen LogP contribution in [-0.4, -0.2) is 23.0 Å². The van der Waals surface area contributed by atoms with Gasteiger partial charge in [-0.05, 0) is 6.07 Å². The second-order valence-electron chi connectivity index (χ2n) is 2.92. The lowest BCUT2D eigenvalue weighted by atomic mass is 10.3. The van der Waals surface area contributed by atoms with E-state index in [1.165, 1.54) is 18.4 Å². The molecule has 0 saturated heterocycles. The van der Waals surface area contributed by atoms with E-state index in [1.807, 2.05) is 0 Å². The molecule has 0 atom stereocenters. The third-order valence-electron chi connectivity index (χ3n) is 1.86. The summed E-state index contributed by atoms with van der Waals surface area (Å²) < 4.78 is 17.2. The van der Waals surface area contributed by atoms with E-state index >= 15 is 0 Å². The number of rotatable bonds is 2. The van der Waals surface area contributed by atoms with Crippen LogP contribution in [0.25, 0.3) is 11.4 Å². The maximum absolute atomic E-state index is 12.6. The third kappa shape index (κ3) is 2.06. The molecule has 16 heavy (non-hydrogen) atoms. The van der Waals surface area contributed by atoms with E-state index in [0.29, 0.717) is 16.3 Å². The molecule has 0 saturated carbocycles. The molecule has 2 heterocycles. The van der Waals surface area contributed by atoms with Crippen molar-refractivity contribution in [2.24, 2.45) is 0 Å². The minimum absolute atomic E-state index is 0.382. The van der Waals surface area contributed by atoms with E-state index in [0.717, 1.165) is 12.4 Å². The molecule has 2 rings (SSSR count). The molecule has 0 aliphatic rings. The van der Waals surface area contributed by atoms with Crippen LogP contribution in [0.1, 0.15) is 9.67 Å². The summed E-state index contributed by atoms with van der Waals surface area (Å²) in [5.41, 5.74) is 0.672. The predicted molar refractivity (Wildman–Crippen MR) is 56.6 cm³/mol. The lowest BCUT2D eigenvalue weighted by molar-refractivity contribution is 0.0606. The summed E-state index contributed by atoms with van der Waals surface area (Å²) in [5, 5.41) is 1.72. The number of hydrogen-bond acceptors (Lipinski definition) is 5. The van der Waals surface area contributed by atoms with E-state index in [1.54, 1.807) is 11.4 Å². The van der Waals surface area contributed by atoms with Crippen molar-refractivity contribution in [2.45, 2.75) is 0 Å². The highest BCUT2D eigenvalue weighted by molar-refractivity contribution is 7.12. The Morgan fingerprint density at radius 3 is 2.75 bits per heavy atom. The van der Waals surface area contributed by atoms with Gasteiger partial charge < -0.3 is 4.74 Å². The van der Waals surface area contributed by atoms with Gasteiger partial charge in [0.15, 0.2) is 11.6 Å². The van der Waals surface area contributed by atoms with Gasteiger partial charge >= 0.3 is 5.97 Å². The van der Waals surface area contributed by atoms with Crippen molar-refractivity contribution < 1.29 is 13.9 Å². The number of thiophene rings is 1. The highest BCUT2D eigenvalue weighted by atomic mass is 32.1. The molecule has 0 N–H and O–H groups in total. The van der Waals surface area contributed by atoms with Crippen LogP contribution < -0.4 is 0 Å². The number of halogens is 1. The summed E-state index contributed by atoms with van der Waals surface area (Å²) in [4.78, 5) is 19.3. The van der Waals surface area contributed by atoms with Crippen LogP contribution in [-0.2, 0) is 4.74 Å². The van der Waals surface area contributed by atoms with Gasteiger partial charge in [0.05, 0.1) is 19.5 Å². The average molecular weight is 238 g/mol. The Hall–Kier alpha value is -1.82. The van der Waals surface area contributed by atoms with Crippen molar-refractivity contribution in [1.29, 1.82) is 0 Å². The van der Waals surface area contributed by atoms with E-state index in [9.17, 15) is 9.18 Å².